The number of allylic oxidation sites excluding steroid dienone is 2. The molecule has 0 radical (unpaired) electrons. The van der Waals surface area contributed by atoms with Crippen LogP contribution in [0.4, 0.5) is 0 Å². The molecule has 0 spiro atoms. The van der Waals surface area contributed by atoms with E-state index in [4.69, 9.17) is 14.5 Å². The van der Waals surface area contributed by atoms with Gasteiger partial charge in [-0.1, -0.05) is 111 Å². The quantitative estimate of drug-likeness (QED) is 0.234. The van der Waals surface area contributed by atoms with E-state index in [-0.39, 0.29) is 22.9 Å². The van der Waals surface area contributed by atoms with Crippen LogP contribution in [0.25, 0.3) is 6.08 Å². The Labute approximate surface area is 227 Å². The van der Waals surface area contributed by atoms with Gasteiger partial charge >= 0.3 is 5.95 Å². The molecule has 0 saturated heterocycles. The summed E-state index contributed by atoms with van der Waals surface area (Å²) in [5.41, 5.74) is 5.40. The minimum atomic E-state index is -0.141. The zero-order valence-electron chi connectivity index (χ0n) is 25.2. The van der Waals surface area contributed by atoms with Crippen LogP contribution in [-0.2, 0) is 15.9 Å². The molecule has 0 amide bonds. The Hall–Kier alpha value is -2.55. The average molecular weight is 506 g/mol. The molecule has 0 fully saturated rings. The van der Waals surface area contributed by atoms with Gasteiger partial charge in [-0.25, -0.2) is 0 Å². The lowest BCUT2D eigenvalue weighted by Crippen LogP contribution is -2.34. The molecule has 1 heterocycles. The maximum atomic E-state index is 6.55. The zero-order chi connectivity index (χ0) is 28.0. The third-order valence-electron chi connectivity index (χ3n) is 7.32. The molecule has 0 aliphatic carbocycles. The monoisotopic (exact) mass is 505 g/mol. The Morgan fingerprint density at radius 2 is 1.76 bits per heavy atom. The summed E-state index contributed by atoms with van der Waals surface area (Å²) in [4.78, 5) is 5.18. The summed E-state index contributed by atoms with van der Waals surface area (Å²) in [6.07, 6.45) is 7.92. The van der Waals surface area contributed by atoms with E-state index in [0.29, 0.717) is 11.9 Å². The van der Waals surface area contributed by atoms with Crippen molar-refractivity contribution >= 4 is 11.8 Å². The molecule has 3 atom stereocenters. The number of benzene rings is 1. The molecule has 0 N–H and O–H groups in total. The SMILES string of the molecule is C=Cc1ccccc1CCCC(C)=N/C(=C1/OC(C(C)(C)C)=CC(C(C)(C)C)O1)C(C)C(=C)C(C)CC. The van der Waals surface area contributed by atoms with Crippen molar-refractivity contribution in [3.8, 4) is 0 Å². The summed E-state index contributed by atoms with van der Waals surface area (Å²) in [6, 6.07) is 8.47. The van der Waals surface area contributed by atoms with Gasteiger partial charge in [-0.2, -0.15) is 0 Å². The first kappa shape index (κ1) is 30.7. The van der Waals surface area contributed by atoms with E-state index in [1.165, 1.54) is 11.1 Å². The van der Waals surface area contributed by atoms with Gasteiger partial charge in [0.05, 0.1) is 0 Å². The largest absolute Gasteiger partial charge is 0.456 e. The van der Waals surface area contributed by atoms with Gasteiger partial charge in [0.2, 0.25) is 0 Å². The van der Waals surface area contributed by atoms with Gasteiger partial charge in [-0.15, -0.1) is 0 Å². The normalized spacial score (nSPS) is 19.8. The van der Waals surface area contributed by atoms with Crippen molar-refractivity contribution in [3.63, 3.8) is 0 Å². The standard InChI is InChI=1S/C34H51NO2/c1-13-23(3)25(5)26(6)31(32-36-29(33(7,8)9)22-30(37-32)34(10,11)12)35-24(4)18-17-21-28-20-16-15-19-27(28)14-2/h14-16,19-20,22-23,26,29H,2,5,13,17-18,21H2,1,3-4,6-12H3/b32-31+,35-24?. The highest BCUT2D eigenvalue weighted by Gasteiger charge is 2.36. The lowest BCUT2D eigenvalue weighted by Gasteiger charge is -2.38. The predicted octanol–water partition coefficient (Wildman–Crippen LogP) is 9.91. The van der Waals surface area contributed by atoms with Crippen LogP contribution in [0.2, 0.25) is 0 Å². The molecule has 0 aromatic heterocycles. The molecular weight excluding hydrogens is 454 g/mol. The van der Waals surface area contributed by atoms with E-state index in [0.717, 1.165) is 48.4 Å². The summed E-state index contributed by atoms with van der Waals surface area (Å²) < 4.78 is 13.0. The maximum Gasteiger partial charge on any atom is 0.308 e. The Bertz CT molecular complexity index is 1040. The first-order valence-electron chi connectivity index (χ1n) is 13.9. The van der Waals surface area contributed by atoms with Gasteiger partial charge in [-0.05, 0) is 55.7 Å². The Kier molecular flexibility index (Phi) is 10.6. The van der Waals surface area contributed by atoms with Crippen molar-refractivity contribution in [2.24, 2.45) is 27.7 Å². The fourth-order valence-corrected chi connectivity index (χ4v) is 4.33. The average Bonchev–Trinajstić information content (AvgIpc) is 2.84. The molecule has 3 heteroatoms. The van der Waals surface area contributed by atoms with E-state index in [2.05, 4.69) is 113 Å². The fraction of sp³-hybridized carbons (Fsp3) is 0.559. The van der Waals surface area contributed by atoms with Crippen molar-refractivity contribution in [3.05, 3.63) is 77.6 Å². The van der Waals surface area contributed by atoms with Crippen LogP contribution >= 0.6 is 0 Å². The molecule has 204 valence electrons. The number of rotatable bonds is 10. The number of nitrogens with zero attached hydrogens (tertiary/aromatic N) is 1. The summed E-state index contributed by atoms with van der Waals surface area (Å²) in [5, 5.41) is 0. The van der Waals surface area contributed by atoms with Crippen LogP contribution in [0.15, 0.2) is 71.5 Å². The number of aliphatic imine (C=N–C) groups is 1. The van der Waals surface area contributed by atoms with Gasteiger partial charge in [-0.3, -0.25) is 4.99 Å². The van der Waals surface area contributed by atoms with Crippen LogP contribution < -0.4 is 0 Å². The third-order valence-corrected chi connectivity index (χ3v) is 7.32. The van der Waals surface area contributed by atoms with E-state index < -0.39 is 0 Å². The lowest BCUT2D eigenvalue weighted by atomic mass is 9.84. The first-order chi connectivity index (χ1) is 17.2. The Balaban J connectivity index is 2.45. The Morgan fingerprint density at radius 1 is 1.11 bits per heavy atom. The van der Waals surface area contributed by atoms with Gasteiger partial charge in [0.1, 0.15) is 17.6 Å². The van der Waals surface area contributed by atoms with Gasteiger partial charge in [0.15, 0.2) is 0 Å². The zero-order valence-corrected chi connectivity index (χ0v) is 25.2. The number of hydrogen-bond acceptors (Lipinski definition) is 3. The molecule has 3 nitrogen and oxygen atoms in total. The smallest absolute Gasteiger partial charge is 0.308 e. The highest BCUT2D eigenvalue weighted by molar-refractivity contribution is 5.83. The summed E-state index contributed by atoms with van der Waals surface area (Å²) in [5.74, 6) is 1.86. The fourth-order valence-electron chi connectivity index (χ4n) is 4.33. The summed E-state index contributed by atoms with van der Waals surface area (Å²) in [7, 11) is 0. The van der Waals surface area contributed by atoms with Gasteiger partial charge < -0.3 is 9.47 Å². The van der Waals surface area contributed by atoms with Crippen molar-refractivity contribution < 1.29 is 9.47 Å². The van der Waals surface area contributed by atoms with Crippen LogP contribution in [0, 0.1) is 22.7 Å². The molecule has 1 aromatic carbocycles. The van der Waals surface area contributed by atoms with Crippen molar-refractivity contribution in [1.29, 1.82) is 0 Å². The van der Waals surface area contributed by atoms with Crippen molar-refractivity contribution in [1.82, 2.24) is 0 Å². The van der Waals surface area contributed by atoms with Crippen LogP contribution in [0.5, 0.6) is 0 Å². The number of hydrogen-bond donors (Lipinski definition) is 0. The number of aryl methyl sites for hydroxylation is 1. The van der Waals surface area contributed by atoms with Crippen LogP contribution in [-0.4, -0.2) is 11.8 Å². The van der Waals surface area contributed by atoms with Crippen molar-refractivity contribution in [2.45, 2.75) is 101 Å². The molecule has 2 rings (SSSR count). The predicted molar refractivity (Wildman–Crippen MR) is 160 cm³/mol. The van der Waals surface area contributed by atoms with Crippen LogP contribution in [0.1, 0.15) is 99.6 Å². The molecule has 37 heavy (non-hydrogen) atoms. The summed E-state index contributed by atoms with van der Waals surface area (Å²) >= 11 is 0. The Morgan fingerprint density at radius 3 is 2.32 bits per heavy atom. The van der Waals surface area contributed by atoms with Gasteiger partial charge in [0.25, 0.3) is 0 Å². The molecule has 1 aliphatic heterocycles. The molecule has 1 aliphatic rings. The molecule has 0 saturated carbocycles. The third kappa shape index (κ3) is 8.48. The van der Waals surface area contributed by atoms with Gasteiger partial charge in [0, 0.05) is 22.5 Å². The maximum absolute atomic E-state index is 6.55. The van der Waals surface area contributed by atoms with E-state index in [1.807, 2.05) is 6.08 Å². The topological polar surface area (TPSA) is 30.8 Å². The minimum Gasteiger partial charge on any atom is -0.456 e. The van der Waals surface area contributed by atoms with E-state index in [1.54, 1.807) is 0 Å². The van der Waals surface area contributed by atoms with Crippen molar-refractivity contribution in [2.75, 3.05) is 0 Å². The molecular formula is C34H51NO2. The van der Waals surface area contributed by atoms with Crippen LogP contribution in [0.3, 0.4) is 0 Å². The van der Waals surface area contributed by atoms with E-state index >= 15 is 0 Å². The minimum absolute atomic E-state index is 0.0151. The summed E-state index contributed by atoms with van der Waals surface area (Å²) in [6.45, 7) is 30.3. The molecule has 3 unspecified atom stereocenters. The second-order valence-corrected chi connectivity index (χ2v) is 12.7. The number of ether oxygens (including phenoxy) is 2. The molecule has 0 bridgehead atoms. The second kappa shape index (κ2) is 12.8. The highest BCUT2D eigenvalue weighted by Crippen LogP contribution is 2.41. The lowest BCUT2D eigenvalue weighted by molar-refractivity contribution is -0.0473. The highest BCUT2D eigenvalue weighted by atomic mass is 16.7. The first-order valence-corrected chi connectivity index (χ1v) is 13.9. The second-order valence-electron chi connectivity index (χ2n) is 12.7. The molecule has 1 aromatic rings. The van der Waals surface area contributed by atoms with E-state index in [9.17, 15) is 0 Å².